The van der Waals surface area contributed by atoms with Crippen LogP contribution in [0.15, 0.2) is 18.3 Å². The molecule has 4 nitrogen and oxygen atoms in total. The largest absolute Gasteiger partial charge is 0.772 e. The monoisotopic (exact) mass is 277 g/mol. The molecule has 1 aromatic rings. The van der Waals surface area contributed by atoms with E-state index in [0.29, 0.717) is 5.56 Å². The molecule has 0 fully saturated rings. The molecule has 1 rings (SSSR count). The fourth-order valence-corrected chi connectivity index (χ4v) is 2.00. The van der Waals surface area contributed by atoms with Crippen LogP contribution in [0.5, 0.6) is 0 Å². The normalized spacial score (nSPS) is 15.7. The lowest BCUT2D eigenvalue weighted by Gasteiger charge is -2.14. The van der Waals surface area contributed by atoms with E-state index < -0.39 is 28.9 Å². The zero-order valence-electron chi connectivity index (χ0n) is 9.60. The van der Waals surface area contributed by atoms with Crippen LogP contribution in [0.25, 0.3) is 0 Å². The zero-order valence-corrected chi connectivity index (χ0v) is 10.4. The smallest absolute Gasteiger partial charge is 0.465 e. The number of pyridine rings is 1. The van der Waals surface area contributed by atoms with Crippen LogP contribution in [0.4, 0.5) is 13.2 Å². The van der Waals surface area contributed by atoms with Crippen LogP contribution in [0.1, 0.15) is 24.2 Å². The summed E-state index contributed by atoms with van der Waals surface area (Å²) in [5.41, 5.74) is -0.612. The van der Waals surface area contributed by atoms with Crippen LogP contribution in [0.2, 0.25) is 0 Å². The van der Waals surface area contributed by atoms with Crippen LogP contribution in [-0.2, 0) is 17.1 Å². The van der Waals surface area contributed by atoms with Crippen molar-refractivity contribution in [3.05, 3.63) is 29.6 Å². The molecule has 18 heavy (non-hydrogen) atoms. The molecule has 0 saturated heterocycles. The van der Waals surface area contributed by atoms with E-state index in [-0.39, 0.29) is 0 Å². The topological polar surface area (TPSA) is 62.8 Å². The molecule has 0 aromatic carbocycles. The van der Waals surface area contributed by atoms with Crippen LogP contribution < -0.4 is 0 Å². The van der Waals surface area contributed by atoms with Gasteiger partial charge in [-0.15, -0.1) is 11.0 Å². The van der Waals surface area contributed by atoms with Gasteiger partial charge in [0.1, 0.15) is 11.7 Å². The van der Waals surface area contributed by atoms with Crippen molar-refractivity contribution in [2.45, 2.75) is 19.1 Å². The molecule has 8 heteroatoms. The highest BCUT2D eigenvalue weighted by Gasteiger charge is 2.32. The molecule has 0 aliphatic heterocycles. The number of nitrogens with zero attached hydrogens (tertiary/aromatic N) is 3. The third-order valence-corrected chi connectivity index (χ3v) is 3.24. The summed E-state index contributed by atoms with van der Waals surface area (Å²) in [4.78, 5) is 3.29. The second kappa shape index (κ2) is 5.46. The van der Waals surface area contributed by atoms with Gasteiger partial charge in [0.15, 0.2) is 5.26 Å². The van der Waals surface area contributed by atoms with Gasteiger partial charge in [0.05, 0.1) is 0 Å². The summed E-state index contributed by atoms with van der Waals surface area (Å²) >= 11 is 0. The van der Waals surface area contributed by atoms with E-state index in [9.17, 15) is 17.7 Å². The number of rotatable bonds is 2. The third kappa shape index (κ3) is 3.27. The Kier molecular flexibility index (Phi) is 4.43. The van der Waals surface area contributed by atoms with Gasteiger partial charge in [0.25, 0.3) is 0 Å². The van der Waals surface area contributed by atoms with Gasteiger partial charge in [-0.25, -0.2) is 0 Å². The Morgan fingerprint density at radius 1 is 1.50 bits per heavy atom. The molecule has 0 N–H and O–H groups in total. The van der Waals surface area contributed by atoms with Crippen LogP contribution >= 0.6 is 0 Å². The highest BCUT2D eigenvalue weighted by molar-refractivity contribution is 7.78. The molecule has 1 unspecified atom stereocenters. The predicted molar refractivity (Wildman–Crippen MR) is 57.6 cm³/mol. The van der Waals surface area contributed by atoms with E-state index in [1.54, 1.807) is 13.1 Å². The van der Waals surface area contributed by atoms with Gasteiger partial charge >= 0.3 is 12.4 Å². The third-order valence-electron chi connectivity index (χ3n) is 2.29. The van der Waals surface area contributed by atoms with Crippen LogP contribution in [0.3, 0.4) is 0 Å². The lowest BCUT2D eigenvalue weighted by molar-refractivity contribution is -0.463. The van der Waals surface area contributed by atoms with E-state index in [0.717, 1.165) is 16.2 Å². The van der Waals surface area contributed by atoms with E-state index in [1.165, 1.54) is 12.3 Å². The Bertz CT molecular complexity index is 501. The van der Waals surface area contributed by atoms with Gasteiger partial charge in [0, 0.05) is 11.8 Å². The Morgan fingerprint density at radius 3 is 2.44 bits per heavy atom. The van der Waals surface area contributed by atoms with Crippen molar-refractivity contribution < 1.29 is 21.7 Å². The summed E-state index contributed by atoms with van der Waals surface area (Å²) in [6.45, 7) is 1.56. The maximum atomic E-state index is 12.3. The number of alkyl halides is 3. The van der Waals surface area contributed by atoms with Crippen molar-refractivity contribution in [3.63, 3.8) is 0 Å². The minimum atomic E-state index is -4.50. The maximum absolute atomic E-state index is 12.3. The van der Waals surface area contributed by atoms with Crippen LogP contribution in [-0.4, -0.2) is 19.7 Å². The summed E-state index contributed by atoms with van der Waals surface area (Å²) in [6, 6.07) is 1.45. The van der Waals surface area contributed by atoms with Gasteiger partial charge < -0.3 is 4.55 Å². The molecule has 0 amide bonds. The van der Waals surface area contributed by atoms with Gasteiger partial charge in [-0.3, -0.25) is 4.98 Å². The first-order chi connectivity index (χ1) is 8.27. The summed E-state index contributed by atoms with van der Waals surface area (Å²) in [5, 5.41) is 8.79. The SMILES string of the molecule is C[C@@H](c1ccc(C(F)(F)F)nc1)[N+](C#N)=S(C)[O-]. The van der Waals surface area contributed by atoms with Crippen molar-refractivity contribution >= 4 is 11.0 Å². The molecule has 0 radical (unpaired) electrons. The molecule has 1 aromatic heterocycles. The highest BCUT2D eigenvalue weighted by Crippen LogP contribution is 2.28. The summed E-state index contributed by atoms with van der Waals surface area (Å²) in [6.07, 6.45) is -0.419. The molecular formula is C10H10F3N3OS. The summed E-state index contributed by atoms with van der Waals surface area (Å²) in [5.74, 6) is 0. The zero-order chi connectivity index (χ0) is 13.9. The van der Waals surface area contributed by atoms with Gasteiger partial charge in [-0.2, -0.15) is 17.1 Å². The van der Waals surface area contributed by atoms with E-state index in [2.05, 4.69) is 4.98 Å². The van der Waals surface area contributed by atoms with Gasteiger partial charge in [-0.1, -0.05) is 6.07 Å². The minimum absolute atomic E-state index is 0.389. The van der Waals surface area contributed by atoms with Crippen molar-refractivity contribution in [2.75, 3.05) is 6.26 Å². The molecular weight excluding hydrogens is 267 g/mol. The van der Waals surface area contributed by atoms with Crippen molar-refractivity contribution in [3.8, 4) is 6.19 Å². The number of hydrogen-bond donors (Lipinski definition) is 0. The first-order valence-electron chi connectivity index (χ1n) is 4.83. The average molecular weight is 277 g/mol. The molecule has 0 saturated carbocycles. The second-order valence-corrected chi connectivity index (χ2v) is 4.74. The number of aromatic nitrogens is 1. The summed E-state index contributed by atoms with van der Waals surface area (Å²) in [7, 11) is -1.53. The molecule has 98 valence electrons. The molecule has 2 atom stereocenters. The van der Waals surface area contributed by atoms with Crippen LogP contribution in [0, 0.1) is 11.5 Å². The Hall–Kier alpha value is -1.46. The Balaban J connectivity index is 3.08. The van der Waals surface area contributed by atoms with E-state index >= 15 is 0 Å². The lowest BCUT2D eigenvalue weighted by atomic mass is 10.1. The molecule has 0 spiro atoms. The molecule has 0 aliphatic rings. The molecule has 1 heterocycles. The van der Waals surface area contributed by atoms with Crippen molar-refractivity contribution in [1.82, 2.24) is 4.98 Å². The average Bonchev–Trinajstić information content (AvgIpc) is 2.28. The fourth-order valence-electron chi connectivity index (χ4n) is 1.32. The molecule has 0 aliphatic carbocycles. The predicted octanol–water partition coefficient (Wildman–Crippen LogP) is 2.22. The second-order valence-electron chi connectivity index (χ2n) is 3.50. The Morgan fingerprint density at radius 2 is 2.11 bits per heavy atom. The first kappa shape index (κ1) is 14.6. The van der Waals surface area contributed by atoms with Gasteiger partial charge in [0.2, 0.25) is 0 Å². The first-order valence-corrected chi connectivity index (χ1v) is 6.34. The standard InChI is InChI=1S/C10H10F3N3OS/c1-7(16(6-14)18(2)17)8-3-4-9(15-5-8)10(11,12)13/h3-5,7H,1-2H3/t7-,18?/m0/s1. The van der Waals surface area contributed by atoms with E-state index in [1.807, 2.05) is 0 Å². The quantitative estimate of drug-likeness (QED) is 0.473. The Labute approximate surface area is 105 Å². The fraction of sp³-hybridized carbons (Fsp3) is 0.400. The van der Waals surface area contributed by atoms with Crippen molar-refractivity contribution in [2.24, 2.45) is 0 Å². The number of hydrogen-bond acceptors (Lipinski definition) is 3. The maximum Gasteiger partial charge on any atom is 0.465 e. The molecule has 0 bridgehead atoms. The van der Waals surface area contributed by atoms with Gasteiger partial charge in [-0.05, 0) is 19.2 Å². The minimum Gasteiger partial charge on any atom is -0.772 e. The number of nitriles is 1. The lowest BCUT2D eigenvalue weighted by Crippen LogP contribution is -2.16. The van der Waals surface area contributed by atoms with Crippen molar-refractivity contribution in [1.29, 1.82) is 5.26 Å². The number of halogens is 3. The van der Waals surface area contributed by atoms with E-state index in [4.69, 9.17) is 5.26 Å². The summed E-state index contributed by atoms with van der Waals surface area (Å²) < 4.78 is 49.1. The highest BCUT2D eigenvalue weighted by atomic mass is 32.2.